The lowest BCUT2D eigenvalue weighted by atomic mass is 9.97. The van der Waals surface area contributed by atoms with Crippen molar-refractivity contribution >= 4 is 47.2 Å². The largest absolute Gasteiger partial charge is 0.463 e. The molecule has 0 spiro atoms. The maximum atomic E-state index is 11.7. The monoisotopic (exact) mass is 425 g/mol. The van der Waals surface area contributed by atoms with E-state index in [0.29, 0.717) is 11.6 Å². The van der Waals surface area contributed by atoms with Crippen LogP contribution in [-0.4, -0.2) is 71.8 Å². The summed E-state index contributed by atoms with van der Waals surface area (Å²) >= 11 is 7.04. The summed E-state index contributed by atoms with van der Waals surface area (Å²) in [5.74, 6) is -1.36. The van der Waals surface area contributed by atoms with Gasteiger partial charge in [-0.25, -0.2) is 0 Å². The number of halogens is 1. The van der Waals surface area contributed by atoms with Crippen LogP contribution < -0.4 is 5.32 Å². The maximum absolute atomic E-state index is 11.7. The van der Waals surface area contributed by atoms with Crippen LogP contribution in [0.5, 0.6) is 0 Å². The molecule has 0 aromatic carbocycles. The molecule has 0 aliphatic carbocycles. The van der Waals surface area contributed by atoms with Crippen LogP contribution in [0.4, 0.5) is 0 Å². The van der Waals surface area contributed by atoms with Crippen LogP contribution in [0.25, 0.3) is 0 Å². The van der Waals surface area contributed by atoms with Crippen molar-refractivity contribution in [2.24, 2.45) is 0 Å². The number of thioether (sulfide) groups is 1. The van der Waals surface area contributed by atoms with E-state index in [1.54, 1.807) is 0 Å². The summed E-state index contributed by atoms with van der Waals surface area (Å²) < 4.78 is 21.6. The molecule has 11 heteroatoms. The number of carbonyl (C=O) groups excluding carboxylic acids is 4. The first-order chi connectivity index (χ1) is 12.6. The zero-order valence-electron chi connectivity index (χ0n) is 15.6. The molecule has 0 saturated carbocycles. The second kappa shape index (κ2) is 11.4. The highest BCUT2D eigenvalue weighted by molar-refractivity contribution is 7.99. The summed E-state index contributed by atoms with van der Waals surface area (Å²) in [6.45, 7) is 4.71. The van der Waals surface area contributed by atoms with E-state index < -0.39 is 47.7 Å². The van der Waals surface area contributed by atoms with Crippen LogP contribution >= 0.6 is 23.4 Å². The summed E-state index contributed by atoms with van der Waals surface area (Å²) in [5, 5.41) is 2.68. The van der Waals surface area contributed by atoms with Crippen LogP contribution in [0, 0.1) is 0 Å². The van der Waals surface area contributed by atoms with Gasteiger partial charge in [0.1, 0.15) is 24.2 Å². The highest BCUT2D eigenvalue weighted by Gasteiger charge is 2.50. The van der Waals surface area contributed by atoms with Crippen LogP contribution in [-0.2, 0) is 38.1 Å². The molecule has 0 aromatic heterocycles. The molecule has 1 aliphatic rings. The molecule has 0 unspecified atom stereocenters. The topological polar surface area (TPSA) is 117 Å². The second-order valence-corrected chi connectivity index (χ2v) is 7.36. The van der Waals surface area contributed by atoms with Crippen molar-refractivity contribution in [2.75, 3.05) is 18.2 Å². The van der Waals surface area contributed by atoms with Gasteiger partial charge in [-0.2, -0.15) is 0 Å². The van der Waals surface area contributed by atoms with Gasteiger partial charge in [0, 0.05) is 39.3 Å². The summed E-state index contributed by atoms with van der Waals surface area (Å²) in [4.78, 5) is 46.1. The zero-order valence-corrected chi connectivity index (χ0v) is 17.1. The molecular weight excluding hydrogens is 402 g/mol. The van der Waals surface area contributed by atoms with E-state index in [-0.39, 0.29) is 12.5 Å². The fraction of sp³-hybridized carbons (Fsp3) is 0.750. The predicted molar refractivity (Wildman–Crippen MR) is 97.2 cm³/mol. The van der Waals surface area contributed by atoms with Gasteiger partial charge in [0.2, 0.25) is 5.91 Å². The second-order valence-electron chi connectivity index (χ2n) is 5.78. The molecule has 1 N–H and O–H groups in total. The Morgan fingerprint density at radius 1 is 1.00 bits per heavy atom. The Morgan fingerprint density at radius 3 is 2.07 bits per heavy atom. The van der Waals surface area contributed by atoms with Crippen molar-refractivity contribution in [1.29, 1.82) is 0 Å². The van der Waals surface area contributed by atoms with E-state index >= 15 is 0 Å². The summed E-state index contributed by atoms with van der Waals surface area (Å²) in [6, 6.07) is -0.794. The molecule has 1 heterocycles. The van der Waals surface area contributed by atoms with Crippen molar-refractivity contribution in [2.45, 2.75) is 57.5 Å². The molecule has 27 heavy (non-hydrogen) atoms. The van der Waals surface area contributed by atoms with Gasteiger partial charge in [-0.1, -0.05) is 0 Å². The first-order valence-electron chi connectivity index (χ1n) is 8.23. The molecular formula is C16H24ClNO8S. The Balaban J connectivity index is 3.22. The number of esters is 3. The first kappa shape index (κ1) is 23.5. The van der Waals surface area contributed by atoms with Gasteiger partial charge in [-0.05, 0) is 0 Å². The van der Waals surface area contributed by atoms with Crippen LogP contribution in [0.3, 0.4) is 0 Å². The summed E-state index contributed by atoms with van der Waals surface area (Å²) in [7, 11) is 0. The van der Waals surface area contributed by atoms with Gasteiger partial charge in [0.15, 0.2) is 12.2 Å². The number of hydrogen-bond acceptors (Lipinski definition) is 9. The Bertz CT molecular complexity index is 561. The number of rotatable bonds is 8. The van der Waals surface area contributed by atoms with Crippen molar-refractivity contribution < 1.29 is 38.1 Å². The SMILES string of the molecule is CC(=O)N[C@@H]1[C@@H](OC(C)=O)[C@H](OC(C)=O)[C@@H](COC(C)=O)O[C@H]1SCCCl. The van der Waals surface area contributed by atoms with Crippen LogP contribution in [0.1, 0.15) is 27.7 Å². The average Bonchev–Trinajstić information content (AvgIpc) is 2.54. The lowest BCUT2D eigenvalue weighted by molar-refractivity contribution is -0.211. The van der Waals surface area contributed by atoms with Crippen molar-refractivity contribution in [3.8, 4) is 0 Å². The van der Waals surface area contributed by atoms with Gasteiger partial charge >= 0.3 is 17.9 Å². The normalized spacial score (nSPS) is 27.4. The minimum atomic E-state index is -1.07. The molecule has 1 aliphatic heterocycles. The number of ether oxygens (including phenoxy) is 4. The van der Waals surface area contributed by atoms with E-state index in [0.717, 1.165) is 0 Å². The molecule has 0 bridgehead atoms. The third kappa shape index (κ3) is 7.94. The number of nitrogens with one attached hydrogen (secondary N) is 1. The number of hydrogen-bond donors (Lipinski definition) is 1. The van der Waals surface area contributed by atoms with E-state index in [4.69, 9.17) is 30.5 Å². The molecule has 1 amide bonds. The first-order valence-corrected chi connectivity index (χ1v) is 9.82. The lowest BCUT2D eigenvalue weighted by Gasteiger charge is -2.45. The number of alkyl halides is 1. The highest BCUT2D eigenvalue weighted by atomic mass is 35.5. The van der Waals surface area contributed by atoms with E-state index in [2.05, 4.69) is 5.32 Å². The Kier molecular flexibility index (Phi) is 9.89. The minimum absolute atomic E-state index is 0.213. The van der Waals surface area contributed by atoms with Crippen molar-refractivity contribution in [3.05, 3.63) is 0 Å². The Morgan fingerprint density at radius 2 is 1.59 bits per heavy atom. The van der Waals surface area contributed by atoms with Gasteiger partial charge in [0.25, 0.3) is 0 Å². The summed E-state index contributed by atoms with van der Waals surface area (Å²) in [6.07, 6.45) is -2.99. The minimum Gasteiger partial charge on any atom is -0.463 e. The van der Waals surface area contributed by atoms with Crippen molar-refractivity contribution in [3.63, 3.8) is 0 Å². The molecule has 9 nitrogen and oxygen atoms in total. The molecule has 0 aromatic rings. The fourth-order valence-electron chi connectivity index (χ4n) is 2.59. The fourth-order valence-corrected chi connectivity index (χ4v) is 3.83. The van der Waals surface area contributed by atoms with Crippen molar-refractivity contribution in [1.82, 2.24) is 5.32 Å². The third-order valence-electron chi connectivity index (χ3n) is 3.43. The quantitative estimate of drug-likeness (QED) is 0.339. The standard InChI is InChI=1S/C16H24ClNO8S/c1-8(19)18-13-15(25-11(4)22)14(24-10(3)21)12(7-23-9(2)20)26-16(13)27-6-5-17/h12-16H,5-7H2,1-4H3,(H,18,19)/t12-,13-,14-,15-,16+/m1/s1. The predicted octanol–water partition coefficient (Wildman–Crippen LogP) is 0.615. The molecule has 1 fully saturated rings. The summed E-state index contributed by atoms with van der Waals surface area (Å²) in [5.41, 5.74) is -0.663. The molecule has 0 radical (unpaired) electrons. The van der Waals surface area contributed by atoms with E-state index in [9.17, 15) is 19.2 Å². The molecule has 1 rings (SSSR count). The van der Waals surface area contributed by atoms with E-state index in [1.807, 2.05) is 0 Å². The van der Waals surface area contributed by atoms with Gasteiger partial charge in [-0.3, -0.25) is 19.2 Å². The Labute approximate surface area is 166 Å². The smallest absolute Gasteiger partial charge is 0.303 e. The maximum Gasteiger partial charge on any atom is 0.303 e. The zero-order chi connectivity index (χ0) is 20.6. The van der Waals surface area contributed by atoms with E-state index in [1.165, 1.54) is 39.5 Å². The third-order valence-corrected chi connectivity index (χ3v) is 5.02. The molecule has 1 saturated heterocycles. The number of carbonyl (C=O) groups is 4. The highest BCUT2D eigenvalue weighted by Crippen LogP contribution is 2.32. The Hall–Kier alpha value is -1.52. The van der Waals surface area contributed by atoms with Gasteiger partial charge in [0.05, 0.1) is 0 Å². The van der Waals surface area contributed by atoms with Gasteiger partial charge < -0.3 is 24.3 Å². The van der Waals surface area contributed by atoms with Crippen LogP contribution in [0.15, 0.2) is 0 Å². The number of amides is 1. The van der Waals surface area contributed by atoms with Gasteiger partial charge in [-0.15, -0.1) is 23.4 Å². The molecule has 154 valence electrons. The molecule has 5 atom stereocenters. The average molecular weight is 426 g/mol. The lowest BCUT2D eigenvalue weighted by Crippen LogP contribution is -2.65. The van der Waals surface area contributed by atoms with Crippen LogP contribution in [0.2, 0.25) is 0 Å².